The molecule has 0 spiro atoms. The van der Waals surface area contributed by atoms with Gasteiger partial charge in [-0.3, -0.25) is 9.59 Å². The average Bonchev–Trinajstić information content (AvgIpc) is 3.24. The molecule has 3 rings (SSSR count). The zero-order valence-corrected chi connectivity index (χ0v) is 15.9. The van der Waals surface area contributed by atoms with Crippen molar-refractivity contribution in [1.82, 2.24) is 15.5 Å². The number of para-hydroxylation sites is 1. The number of aromatic nitrogens is 2. The first-order chi connectivity index (χ1) is 14.1. The van der Waals surface area contributed by atoms with Crippen LogP contribution in [0.1, 0.15) is 16.2 Å². The normalized spacial score (nSPS) is 10.3. The molecule has 29 heavy (non-hydrogen) atoms. The predicted octanol–water partition coefficient (Wildman–Crippen LogP) is 2.23. The second-order valence-corrected chi connectivity index (χ2v) is 5.79. The number of rotatable bonds is 8. The Balaban J connectivity index is 1.51. The molecule has 0 bridgehead atoms. The molecule has 1 aromatic heterocycles. The molecule has 1 N–H and O–H groups in total. The molecular formula is C20H19N3O6. The number of ether oxygens (including phenoxy) is 3. The quantitative estimate of drug-likeness (QED) is 0.576. The van der Waals surface area contributed by atoms with E-state index in [9.17, 15) is 9.59 Å². The molecule has 0 aliphatic carbocycles. The fourth-order valence-electron chi connectivity index (χ4n) is 2.46. The highest BCUT2D eigenvalue weighted by atomic mass is 16.6. The Kier molecular flexibility index (Phi) is 6.41. The van der Waals surface area contributed by atoms with Crippen LogP contribution in [0.25, 0.3) is 11.4 Å². The van der Waals surface area contributed by atoms with Gasteiger partial charge in [0.25, 0.3) is 11.8 Å². The summed E-state index contributed by atoms with van der Waals surface area (Å²) in [5, 5.41) is 6.34. The van der Waals surface area contributed by atoms with Crippen LogP contribution < -0.4 is 14.8 Å². The number of carbonyl (C=O) groups is 2. The Hall–Kier alpha value is -3.88. The minimum Gasteiger partial charge on any atom is -0.497 e. The molecule has 9 heteroatoms. The molecule has 3 aromatic rings. The van der Waals surface area contributed by atoms with Crippen LogP contribution in [0.15, 0.2) is 53.1 Å². The highest BCUT2D eigenvalue weighted by Gasteiger charge is 2.15. The predicted molar refractivity (Wildman–Crippen MR) is 101 cm³/mol. The molecule has 150 valence electrons. The summed E-state index contributed by atoms with van der Waals surface area (Å²) in [7, 11) is 3.05. The van der Waals surface area contributed by atoms with E-state index in [0.29, 0.717) is 28.5 Å². The van der Waals surface area contributed by atoms with Crippen molar-refractivity contribution in [3.05, 3.63) is 60.0 Å². The lowest BCUT2D eigenvalue weighted by atomic mass is 10.2. The van der Waals surface area contributed by atoms with Gasteiger partial charge in [0, 0.05) is 5.56 Å². The van der Waals surface area contributed by atoms with Crippen LogP contribution in [-0.4, -0.2) is 42.8 Å². The highest BCUT2D eigenvalue weighted by Crippen LogP contribution is 2.27. The Bertz CT molecular complexity index is 1000. The van der Waals surface area contributed by atoms with Crippen LogP contribution in [0.5, 0.6) is 11.5 Å². The number of nitrogens with zero attached hydrogens (tertiary/aromatic N) is 2. The maximum absolute atomic E-state index is 12.1. The van der Waals surface area contributed by atoms with Crippen molar-refractivity contribution < 1.29 is 28.3 Å². The number of hydrogen-bond acceptors (Lipinski definition) is 8. The summed E-state index contributed by atoms with van der Waals surface area (Å²) >= 11 is 0. The second-order valence-electron chi connectivity index (χ2n) is 5.79. The Morgan fingerprint density at radius 2 is 1.90 bits per heavy atom. The molecule has 0 fully saturated rings. The maximum atomic E-state index is 12.1. The number of hydrogen-bond donors (Lipinski definition) is 1. The summed E-state index contributed by atoms with van der Waals surface area (Å²) in [5.41, 5.74) is 1.03. The number of nitrogens with one attached hydrogen (secondary N) is 1. The molecule has 1 amide bonds. The minimum atomic E-state index is -0.640. The van der Waals surface area contributed by atoms with Crippen LogP contribution in [0.4, 0.5) is 0 Å². The fraction of sp³-hybridized carbons (Fsp3) is 0.200. The van der Waals surface area contributed by atoms with Crippen molar-refractivity contribution in [3.8, 4) is 22.9 Å². The molecule has 2 aromatic carbocycles. The van der Waals surface area contributed by atoms with E-state index in [4.69, 9.17) is 18.7 Å². The van der Waals surface area contributed by atoms with Crippen LogP contribution in [0.3, 0.4) is 0 Å². The van der Waals surface area contributed by atoms with E-state index in [1.165, 1.54) is 7.11 Å². The number of carbonyl (C=O) groups excluding carboxylic acids is 2. The molecule has 0 saturated carbocycles. The van der Waals surface area contributed by atoms with Crippen molar-refractivity contribution in [2.75, 3.05) is 20.8 Å². The van der Waals surface area contributed by atoms with E-state index in [-0.39, 0.29) is 19.0 Å². The zero-order valence-electron chi connectivity index (χ0n) is 15.9. The number of esters is 1. The molecule has 9 nitrogen and oxygen atoms in total. The third-order valence-electron chi connectivity index (χ3n) is 3.90. The van der Waals surface area contributed by atoms with Crippen molar-refractivity contribution in [2.24, 2.45) is 0 Å². The van der Waals surface area contributed by atoms with Gasteiger partial charge in [-0.15, -0.1) is 0 Å². The largest absolute Gasteiger partial charge is 0.497 e. The third kappa shape index (κ3) is 5.10. The second kappa shape index (κ2) is 9.36. The Labute approximate surface area is 166 Å². The van der Waals surface area contributed by atoms with Gasteiger partial charge in [-0.25, -0.2) is 0 Å². The van der Waals surface area contributed by atoms with Gasteiger partial charge in [0.15, 0.2) is 6.61 Å². The number of amides is 1. The van der Waals surface area contributed by atoms with Gasteiger partial charge in [0.1, 0.15) is 18.0 Å². The zero-order chi connectivity index (χ0) is 20.6. The fourth-order valence-corrected chi connectivity index (χ4v) is 2.46. The number of benzene rings is 2. The standard InChI is InChI=1S/C20H19N3O6/c1-26-14-7-5-6-13(10-14)20(25)21-11-18(24)28-12-17-22-19(23-29-17)15-8-3-4-9-16(15)27-2/h3-10H,11-12H2,1-2H3,(H,21,25). The van der Waals surface area contributed by atoms with Crippen LogP contribution in [-0.2, 0) is 16.1 Å². The molecule has 0 atom stereocenters. The van der Waals surface area contributed by atoms with Crippen molar-refractivity contribution in [3.63, 3.8) is 0 Å². The molecular weight excluding hydrogens is 378 g/mol. The van der Waals surface area contributed by atoms with Crippen LogP contribution in [0, 0.1) is 0 Å². The third-order valence-corrected chi connectivity index (χ3v) is 3.90. The van der Waals surface area contributed by atoms with E-state index < -0.39 is 11.9 Å². The first-order valence-electron chi connectivity index (χ1n) is 8.64. The van der Waals surface area contributed by atoms with Gasteiger partial charge in [-0.2, -0.15) is 4.98 Å². The Morgan fingerprint density at radius 1 is 1.07 bits per heavy atom. The van der Waals surface area contributed by atoms with Crippen molar-refractivity contribution in [2.45, 2.75) is 6.61 Å². The van der Waals surface area contributed by atoms with Gasteiger partial charge in [0.05, 0.1) is 19.8 Å². The summed E-state index contributed by atoms with van der Waals surface area (Å²) in [6, 6.07) is 13.8. The van der Waals surface area contributed by atoms with Crippen molar-refractivity contribution >= 4 is 11.9 Å². The topological polar surface area (TPSA) is 113 Å². The van der Waals surface area contributed by atoms with Gasteiger partial charge >= 0.3 is 5.97 Å². The van der Waals surface area contributed by atoms with Crippen LogP contribution in [0.2, 0.25) is 0 Å². The lowest BCUT2D eigenvalue weighted by Gasteiger charge is -2.06. The summed E-state index contributed by atoms with van der Waals surface area (Å²) in [6.45, 7) is -0.514. The highest BCUT2D eigenvalue weighted by molar-refractivity contribution is 5.96. The molecule has 0 radical (unpaired) electrons. The Morgan fingerprint density at radius 3 is 2.69 bits per heavy atom. The molecule has 0 saturated heterocycles. The van der Waals surface area contributed by atoms with E-state index in [1.807, 2.05) is 12.1 Å². The molecule has 1 heterocycles. The van der Waals surface area contributed by atoms with E-state index in [0.717, 1.165) is 0 Å². The number of methoxy groups -OCH3 is 2. The van der Waals surface area contributed by atoms with Gasteiger partial charge in [-0.1, -0.05) is 23.4 Å². The van der Waals surface area contributed by atoms with E-state index >= 15 is 0 Å². The van der Waals surface area contributed by atoms with E-state index in [2.05, 4.69) is 15.5 Å². The molecule has 0 unspecified atom stereocenters. The van der Waals surface area contributed by atoms with Crippen molar-refractivity contribution in [1.29, 1.82) is 0 Å². The van der Waals surface area contributed by atoms with Gasteiger partial charge in [0.2, 0.25) is 5.82 Å². The lowest BCUT2D eigenvalue weighted by Crippen LogP contribution is -2.30. The summed E-state index contributed by atoms with van der Waals surface area (Å²) in [6.07, 6.45) is 0. The minimum absolute atomic E-state index is 0.123. The first-order valence-corrected chi connectivity index (χ1v) is 8.64. The summed E-state index contributed by atoms with van der Waals surface area (Å²) in [4.78, 5) is 28.2. The smallest absolute Gasteiger partial charge is 0.325 e. The van der Waals surface area contributed by atoms with E-state index in [1.54, 1.807) is 43.5 Å². The molecule has 0 aliphatic heterocycles. The van der Waals surface area contributed by atoms with Crippen LogP contribution >= 0.6 is 0 Å². The monoisotopic (exact) mass is 397 g/mol. The summed E-state index contributed by atoms with van der Waals surface area (Å²) in [5.74, 6) is 0.521. The van der Waals surface area contributed by atoms with Gasteiger partial charge in [-0.05, 0) is 30.3 Å². The summed E-state index contributed by atoms with van der Waals surface area (Å²) < 4.78 is 20.5. The first kappa shape index (κ1) is 19.9. The lowest BCUT2D eigenvalue weighted by molar-refractivity contribution is -0.144. The average molecular weight is 397 g/mol. The molecule has 0 aliphatic rings. The van der Waals surface area contributed by atoms with Gasteiger partial charge < -0.3 is 24.1 Å². The maximum Gasteiger partial charge on any atom is 0.325 e. The SMILES string of the molecule is COc1cccc(C(=O)NCC(=O)OCc2nc(-c3ccccc3OC)no2)c1.